The molecule has 0 spiro atoms. The van der Waals surface area contributed by atoms with Gasteiger partial charge in [0.2, 0.25) is 0 Å². The topological polar surface area (TPSA) is 78.9 Å². The highest BCUT2D eigenvalue weighted by Gasteiger charge is 2.19. The molecule has 0 bridgehead atoms. The number of allylic oxidation sites excluding steroid dienone is 16. The van der Waals surface area contributed by atoms with E-state index in [9.17, 15) is 14.4 Å². The Balaban J connectivity index is 4.47. The Morgan fingerprint density at radius 3 is 1.06 bits per heavy atom. The lowest BCUT2D eigenvalue weighted by atomic mass is 10.1. The smallest absolute Gasteiger partial charge is 0.306 e. The predicted octanol–water partition coefficient (Wildman–Crippen LogP) is 18.5. The van der Waals surface area contributed by atoms with E-state index < -0.39 is 6.10 Å². The SMILES string of the molecule is CC/C=C\C/C=C\C/C=C\C/C=C\C/C=C\CCCCCC(=O)OCC(COC(=O)CCCCCCC/C=C\CCCCC)OC(=O)CCCCCCC/C=C\C=C/CCCCCCCCC. The van der Waals surface area contributed by atoms with E-state index in [1.807, 2.05) is 0 Å². The van der Waals surface area contributed by atoms with Gasteiger partial charge in [0.05, 0.1) is 0 Å². The number of hydrogen-bond donors (Lipinski definition) is 0. The van der Waals surface area contributed by atoms with E-state index in [-0.39, 0.29) is 31.1 Å². The average molecular weight is 931 g/mol. The third kappa shape index (κ3) is 53.2. The maximum absolute atomic E-state index is 12.8. The molecule has 1 unspecified atom stereocenters. The number of carbonyl (C=O) groups is 3. The van der Waals surface area contributed by atoms with Crippen LogP contribution in [0.2, 0.25) is 0 Å². The zero-order valence-corrected chi connectivity index (χ0v) is 43.6. The minimum atomic E-state index is -0.804. The number of ether oxygens (including phenoxy) is 3. The first kappa shape index (κ1) is 63.3. The zero-order valence-electron chi connectivity index (χ0n) is 43.6. The van der Waals surface area contributed by atoms with Crippen molar-refractivity contribution in [2.75, 3.05) is 13.2 Å². The largest absolute Gasteiger partial charge is 0.462 e. The van der Waals surface area contributed by atoms with E-state index in [0.29, 0.717) is 19.3 Å². The minimum absolute atomic E-state index is 0.0997. The van der Waals surface area contributed by atoms with Gasteiger partial charge in [-0.3, -0.25) is 14.4 Å². The van der Waals surface area contributed by atoms with E-state index in [1.54, 1.807) is 0 Å². The summed E-state index contributed by atoms with van der Waals surface area (Å²) in [5, 5.41) is 0. The maximum Gasteiger partial charge on any atom is 0.306 e. The zero-order chi connectivity index (χ0) is 48.6. The molecule has 1 atom stereocenters. The molecule has 6 heteroatoms. The van der Waals surface area contributed by atoms with E-state index in [0.717, 1.165) is 128 Å². The van der Waals surface area contributed by atoms with Gasteiger partial charge in [-0.1, -0.05) is 214 Å². The van der Waals surface area contributed by atoms with Crippen molar-refractivity contribution in [2.24, 2.45) is 0 Å². The van der Waals surface area contributed by atoms with Crippen molar-refractivity contribution in [3.05, 3.63) is 97.2 Å². The monoisotopic (exact) mass is 931 g/mol. The fourth-order valence-corrected chi connectivity index (χ4v) is 7.39. The summed E-state index contributed by atoms with van der Waals surface area (Å²) in [7, 11) is 0. The lowest BCUT2D eigenvalue weighted by Gasteiger charge is -2.18. The number of esters is 3. The van der Waals surface area contributed by atoms with E-state index >= 15 is 0 Å². The first-order valence-corrected chi connectivity index (χ1v) is 27.8. The van der Waals surface area contributed by atoms with Crippen LogP contribution >= 0.6 is 0 Å². The fourth-order valence-electron chi connectivity index (χ4n) is 7.39. The van der Waals surface area contributed by atoms with Gasteiger partial charge >= 0.3 is 17.9 Å². The summed E-state index contributed by atoms with van der Waals surface area (Å²) in [5.41, 5.74) is 0. The Morgan fingerprint density at radius 2 is 0.627 bits per heavy atom. The molecule has 0 aliphatic heterocycles. The highest BCUT2D eigenvalue weighted by molar-refractivity contribution is 5.71. The van der Waals surface area contributed by atoms with Gasteiger partial charge in [0, 0.05) is 19.3 Å². The van der Waals surface area contributed by atoms with Crippen molar-refractivity contribution < 1.29 is 28.6 Å². The van der Waals surface area contributed by atoms with Crippen molar-refractivity contribution >= 4 is 17.9 Å². The van der Waals surface area contributed by atoms with Gasteiger partial charge in [0.25, 0.3) is 0 Å². The molecule has 0 saturated carbocycles. The average Bonchev–Trinajstić information content (AvgIpc) is 3.33. The summed E-state index contributed by atoms with van der Waals surface area (Å²) in [5.74, 6) is -0.956. The lowest BCUT2D eigenvalue weighted by Crippen LogP contribution is -2.30. The predicted molar refractivity (Wildman–Crippen MR) is 288 cm³/mol. The standard InChI is InChI=1S/C61H102O6/c1-4-7-10-13-16-19-22-25-27-29-31-33-34-36-39-42-45-48-51-54-60(63)66-57-58(56-65-59(62)53-50-47-44-41-38-24-21-18-15-12-9-6-3)67-61(64)55-52-49-46-43-40-37-35-32-30-28-26-23-20-17-14-11-8-5-2/h7,10,16,18-19,21,25,27-28,30-33,35-36,39,58H,4-6,8-9,11-15,17,20,22-24,26,29,34,37-38,40-57H2,1-3H3/b10-7-,19-16-,21-18-,27-25-,30-28-,33-31-,35-32-,39-36-. The van der Waals surface area contributed by atoms with Crippen molar-refractivity contribution in [1.82, 2.24) is 0 Å². The first-order chi connectivity index (χ1) is 33.0. The molecule has 0 aliphatic rings. The number of rotatable bonds is 49. The number of unbranched alkanes of at least 4 members (excludes halogenated alkanes) is 23. The molecule has 0 rings (SSSR count). The summed E-state index contributed by atoms with van der Waals surface area (Å²) in [6.07, 6.45) is 72.5. The second-order valence-electron chi connectivity index (χ2n) is 18.1. The van der Waals surface area contributed by atoms with Crippen LogP contribution in [0.15, 0.2) is 97.2 Å². The van der Waals surface area contributed by atoms with Crippen molar-refractivity contribution in [3.63, 3.8) is 0 Å². The number of hydrogen-bond acceptors (Lipinski definition) is 6. The van der Waals surface area contributed by atoms with Crippen molar-refractivity contribution in [3.8, 4) is 0 Å². The van der Waals surface area contributed by atoms with Gasteiger partial charge in [-0.25, -0.2) is 0 Å². The maximum atomic E-state index is 12.8. The van der Waals surface area contributed by atoms with Crippen LogP contribution in [0.5, 0.6) is 0 Å². The van der Waals surface area contributed by atoms with Crippen LogP contribution in [0, 0.1) is 0 Å². The van der Waals surface area contributed by atoms with Crippen LogP contribution in [-0.2, 0) is 28.6 Å². The highest BCUT2D eigenvalue weighted by atomic mass is 16.6. The second kappa shape index (κ2) is 54.9. The molecule has 0 N–H and O–H groups in total. The molecule has 0 radical (unpaired) electrons. The van der Waals surface area contributed by atoms with Crippen molar-refractivity contribution in [1.29, 1.82) is 0 Å². The molecule has 6 nitrogen and oxygen atoms in total. The van der Waals surface area contributed by atoms with E-state index in [1.165, 1.54) is 83.5 Å². The number of carbonyl (C=O) groups excluding carboxylic acids is 3. The molecule has 0 aliphatic carbocycles. The molecule has 382 valence electrons. The molecule has 0 fully saturated rings. The Bertz CT molecular complexity index is 1350. The van der Waals surface area contributed by atoms with Gasteiger partial charge in [0.15, 0.2) is 6.10 Å². The Hall–Kier alpha value is -3.67. The molecule has 0 heterocycles. The summed E-state index contributed by atoms with van der Waals surface area (Å²) < 4.78 is 16.8. The van der Waals surface area contributed by atoms with Crippen LogP contribution in [0.25, 0.3) is 0 Å². The summed E-state index contributed by atoms with van der Waals surface area (Å²) in [4.78, 5) is 38.1. The molecular formula is C61H102O6. The highest BCUT2D eigenvalue weighted by Crippen LogP contribution is 2.13. The van der Waals surface area contributed by atoms with Crippen LogP contribution in [-0.4, -0.2) is 37.2 Å². The summed E-state index contributed by atoms with van der Waals surface area (Å²) >= 11 is 0. The Kier molecular flexibility index (Phi) is 51.9. The third-order valence-corrected chi connectivity index (χ3v) is 11.6. The fraction of sp³-hybridized carbons (Fsp3) is 0.689. The van der Waals surface area contributed by atoms with Gasteiger partial charge in [0.1, 0.15) is 13.2 Å². The normalized spacial score (nSPS) is 12.8. The van der Waals surface area contributed by atoms with E-state index in [4.69, 9.17) is 14.2 Å². The summed E-state index contributed by atoms with van der Waals surface area (Å²) in [6.45, 7) is 6.45. The molecule has 0 aromatic rings. The molecule has 0 aromatic carbocycles. The third-order valence-electron chi connectivity index (χ3n) is 11.6. The Morgan fingerprint density at radius 1 is 0.328 bits per heavy atom. The van der Waals surface area contributed by atoms with Gasteiger partial charge in [-0.2, -0.15) is 0 Å². The van der Waals surface area contributed by atoms with Crippen LogP contribution in [0.1, 0.15) is 252 Å². The summed E-state index contributed by atoms with van der Waals surface area (Å²) in [6, 6.07) is 0. The molecule has 0 amide bonds. The lowest BCUT2D eigenvalue weighted by molar-refractivity contribution is -0.167. The van der Waals surface area contributed by atoms with Crippen LogP contribution in [0.4, 0.5) is 0 Å². The molecule has 0 saturated heterocycles. The van der Waals surface area contributed by atoms with Crippen LogP contribution < -0.4 is 0 Å². The van der Waals surface area contributed by atoms with Crippen molar-refractivity contribution in [2.45, 2.75) is 258 Å². The van der Waals surface area contributed by atoms with Crippen LogP contribution in [0.3, 0.4) is 0 Å². The minimum Gasteiger partial charge on any atom is -0.462 e. The molecule has 67 heavy (non-hydrogen) atoms. The Labute approximate surface area is 413 Å². The van der Waals surface area contributed by atoms with Gasteiger partial charge in [-0.15, -0.1) is 0 Å². The molecule has 0 aromatic heterocycles. The van der Waals surface area contributed by atoms with Gasteiger partial charge < -0.3 is 14.2 Å². The van der Waals surface area contributed by atoms with Gasteiger partial charge in [-0.05, 0) is 116 Å². The first-order valence-electron chi connectivity index (χ1n) is 27.8. The quantitative estimate of drug-likeness (QED) is 0.0199. The second-order valence-corrected chi connectivity index (χ2v) is 18.1. The van der Waals surface area contributed by atoms with E-state index in [2.05, 4.69) is 118 Å². The molecular weight excluding hydrogens is 829 g/mol.